The second-order valence-corrected chi connectivity index (χ2v) is 13.5. The molecule has 22 heteroatoms. The first kappa shape index (κ1) is 31.5. The minimum atomic E-state index is -5.72. The van der Waals surface area contributed by atoms with Crippen LogP contribution in [0.25, 0.3) is 11.2 Å². The number of phosphoric acid groups is 3. The summed E-state index contributed by atoms with van der Waals surface area (Å²) in [5.74, 6) is 0.838. The zero-order valence-corrected chi connectivity index (χ0v) is 23.3. The van der Waals surface area contributed by atoms with Gasteiger partial charge in [0.05, 0.1) is 12.9 Å². The molecule has 2 aromatic heterocycles. The summed E-state index contributed by atoms with van der Waals surface area (Å²) >= 11 is 1.38. The number of fused-ring (bicyclic) bond motifs is 1. The molecule has 216 valence electrons. The van der Waals surface area contributed by atoms with E-state index in [1.807, 2.05) is 0 Å². The number of thioether (sulfide) groups is 1. The van der Waals surface area contributed by atoms with Crippen LogP contribution in [0.3, 0.4) is 0 Å². The van der Waals surface area contributed by atoms with Crippen LogP contribution < -0.4 is 5.73 Å². The number of unbranched alkanes of at least 4 members (excludes halogenated alkanes) is 3. The van der Waals surface area contributed by atoms with Gasteiger partial charge in [-0.1, -0.05) is 37.9 Å². The van der Waals surface area contributed by atoms with Crippen LogP contribution in [0.2, 0.25) is 0 Å². The summed E-state index contributed by atoms with van der Waals surface area (Å²) in [6, 6.07) is 0. The molecule has 18 nitrogen and oxygen atoms in total. The van der Waals surface area contributed by atoms with Crippen molar-refractivity contribution in [3.63, 3.8) is 0 Å². The summed E-state index contributed by atoms with van der Waals surface area (Å²) < 4.78 is 52.7. The Morgan fingerprint density at radius 1 is 1.05 bits per heavy atom. The van der Waals surface area contributed by atoms with E-state index in [4.69, 9.17) is 20.3 Å². The molecule has 0 bridgehead atoms. The van der Waals surface area contributed by atoms with Crippen LogP contribution in [-0.4, -0.2) is 80.0 Å². The first-order chi connectivity index (χ1) is 17.6. The van der Waals surface area contributed by atoms with Crippen LogP contribution in [-0.2, 0) is 31.6 Å². The van der Waals surface area contributed by atoms with Crippen LogP contribution >= 0.6 is 35.2 Å². The van der Waals surface area contributed by atoms with E-state index in [1.165, 1.54) is 22.7 Å². The van der Waals surface area contributed by atoms with E-state index < -0.39 is 54.6 Å². The van der Waals surface area contributed by atoms with Crippen molar-refractivity contribution in [2.24, 2.45) is 0 Å². The fourth-order valence-corrected chi connectivity index (χ4v) is 7.30. The summed E-state index contributed by atoms with van der Waals surface area (Å²) in [5.41, 5.74) is 6.41. The Labute approximate surface area is 220 Å². The van der Waals surface area contributed by atoms with Crippen molar-refractivity contribution in [1.29, 1.82) is 0 Å². The monoisotopic (exact) mass is 623 g/mol. The van der Waals surface area contributed by atoms with E-state index in [1.54, 1.807) is 0 Å². The number of phosphoric ester groups is 1. The van der Waals surface area contributed by atoms with Gasteiger partial charge >= 0.3 is 23.5 Å². The average molecular weight is 623 g/mol. The average Bonchev–Trinajstić information content (AvgIpc) is 3.31. The van der Waals surface area contributed by atoms with Gasteiger partial charge in [-0.2, -0.15) is 8.62 Å². The maximum absolute atomic E-state index is 12.0. The summed E-state index contributed by atoms with van der Waals surface area (Å²) in [5, 5.41) is 21.3. The maximum Gasteiger partial charge on any atom is 0.490 e. The molecule has 8 N–H and O–H groups in total. The molecule has 0 aromatic carbocycles. The van der Waals surface area contributed by atoms with E-state index in [2.05, 4.69) is 35.0 Å². The molecule has 1 saturated heterocycles. The van der Waals surface area contributed by atoms with Crippen molar-refractivity contribution >= 4 is 52.2 Å². The SMILES string of the molecule is CCCCCCSc1nc(N)c2ncn(C3O[C@H](COP(=O)(O)OP(=O)(O)OP(=O)(O)O)[C@@H](O)[C@H]3O)c2n1. The Morgan fingerprint density at radius 3 is 2.42 bits per heavy atom. The molecule has 1 fully saturated rings. The molecular formula is C16H28N5O13P3S. The van der Waals surface area contributed by atoms with Crippen LogP contribution in [0.15, 0.2) is 11.5 Å². The number of nitrogens with zero attached hydrogens (tertiary/aromatic N) is 4. The van der Waals surface area contributed by atoms with Gasteiger partial charge in [0, 0.05) is 5.75 Å². The maximum atomic E-state index is 12.0. The molecule has 3 heterocycles. The van der Waals surface area contributed by atoms with Gasteiger partial charge in [0.15, 0.2) is 22.8 Å². The lowest BCUT2D eigenvalue weighted by Crippen LogP contribution is -2.33. The highest BCUT2D eigenvalue weighted by atomic mass is 32.2. The minimum Gasteiger partial charge on any atom is -0.387 e. The first-order valence-electron chi connectivity index (χ1n) is 11.1. The van der Waals surface area contributed by atoms with E-state index in [0.29, 0.717) is 5.16 Å². The number of aliphatic hydroxyl groups excluding tert-OH is 2. The normalized spacial score (nSPS) is 25.4. The zero-order valence-electron chi connectivity index (χ0n) is 19.8. The molecule has 0 radical (unpaired) electrons. The number of anilines is 1. The zero-order chi connectivity index (χ0) is 28.3. The Hall–Kier alpha value is -1.01. The van der Waals surface area contributed by atoms with Gasteiger partial charge in [0.25, 0.3) is 0 Å². The van der Waals surface area contributed by atoms with E-state index >= 15 is 0 Å². The quantitative estimate of drug-likeness (QED) is 0.0669. The van der Waals surface area contributed by atoms with Gasteiger partial charge < -0.3 is 40.3 Å². The van der Waals surface area contributed by atoms with E-state index in [9.17, 15) is 33.7 Å². The Bertz CT molecular complexity index is 1260. The summed E-state index contributed by atoms with van der Waals surface area (Å²) in [6.45, 7) is 1.15. The third kappa shape index (κ3) is 8.49. The summed E-state index contributed by atoms with van der Waals surface area (Å²) in [4.78, 5) is 48.8. The molecule has 38 heavy (non-hydrogen) atoms. The fourth-order valence-electron chi connectivity index (χ4n) is 3.43. The van der Waals surface area contributed by atoms with Gasteiger partial charge in [-0.05, 0) is 6.42 Å². The molecule has 0 spiro atoms. The highest BCUT2D eigenvalue weighted by Crippen LogP contribution is 2.66. The predicted molar refractivity (Wildman–Crippen MR) is 130 cm³/mol. The number of aliphatic hydroxyl groups is 2. The largest absolute Gasteiger partial charge is 0.490 e. The van der Waals surface area contributed by atoms with Crippen molar-refractivity contribution in [3.05, 3.63) is 6.33 Å². The molecule has 3 rings (SSSR count). The third-order valence-electron chi connectivity index (χ3n) is 5.09. The Morgan fingerprint density at radius 2 is 1.76 bits per heavy atom. The van der Waals surface area contributed by atoms with Crippen molar-refractivity contribution in [2.75, 3.05) is 18.1 Å². The molecule has 1 aliphatic rings. The first-order valence-corrected chi connectivity index (χ1v) is 16.6. The molecule has 3 unspecified atom stereocenters. The number of nitrogen functional groups attached to an aromatic ring is 1. The van der Waals surface area contributed by atoms with Gasteiger partial charge in [-0.25, -0.2) is 28.6 Å². The van der Waals surface area contributed by atoms with E-state index in [-0.39, 0.29) is 17.0 Å². The number of ether oxygens (including phenoxy) is 1. The summed E-state index contributed by atoms with van der Waals surface area (Å²) in [7, 11) is -16.7. The lowest BCUT2D eigenvalue weighted by molar-refractivity contribution is -0.0503. The molecular weight excluding hydrogens is 595 g/mol. The predicted octanol–water partition coefficient (Wildman–Crippen LogP) is 1.04. The number of nitrogens with two attached hydrogens (primary N) is 1. The molecule has 0 aliphatic carbocycles. The number of hydrogen-bond acceptors (Lipinski definition) is 14. The van der Waals surface area contributed by atoms with Crippen LogP contribution in [0.5, 0.6) is 0 Å². The Kier molecular flexibility index (Phi) is 10.5. The molecule has 0 amide bonds. The minimum absolute atomic E-state index is 0.0852. The van der Waals surface area contributed by atoms with Crippen molar-refractivity contribution < 1.29 is 61.4 Å². The van der Waals surface area contributed by atoms with Gasteiger partial charge in [0.2, 0.25) is 0 Å². The molecule has 1 aliphatic heterocycles. The van der Waals surface area contributed by atoms with Gasteiger partial charge in [-0.3, -0.25) is 9.09 Å². The van der Waals surface area contributed by atoms with Crippen LogP contribution in [0, 0.1) is 0 Å². The topological polar surface area (TPSA) is 279 Å². The highest BCUT2D eigenvalue weighted by Gasteiger charge is 2.47. The van der Waals surface area contributed by atoms with Crippen molar-refractivity contribution in [1.82, 2.24) is 19.5 Å². The number of imidazole rings is 1. The fraction of sp³-hybridized carbons (Fsp3) is 0.688. The van der Waals surface area contributed by atoms with Gasteiger partial charge in [-0.15, -0.1) is 0 Å². The molecule has 0 saturated carbocycles. The number of rotatable bonds is 14. The van der Waals surface area contributed by atoms with E-state index in [0.717, 1.165) is 31.4 Å². The van der Waals surface area contributed by atoms with Crippen molar-refractivity contribution in [3.8, 4) is 0 Å². The second kappa shape index (κ2) is 12.7. The third-order valence-corrected chi connectivity index (χ3v) is 9.82. The lowest BCUT2D eigenvalue weighted by atomic mass is 10.1. The summed E-state index contributed by atoms with van der Waals surface area (Å²) in [6.07, 6.45) is -0.607. The van der Waals surface area contributed by atoms with Crippen LogP contribution in [0.4, 0.5) is 5.82 Å². The number of aromatic nitrogens is 4. The van der Waals surface area contributed by atoms with Crippen molar-refractivity contribution in [2.45, 2.75) is 62.3 Å². The molecule has 6 atom stereocenters. The number of hydrogen-bond donors (Lipinski definition) is 7. The highest BCUT2D eigenvalue weighted by molar-refractivity contribution is 7.99. The standard InChI is InChI=1S/C16H28N5O13P3S/c1-2-3-4-5-6-38-16-19-13(17)10-14(20-16)21(8-18-10)15-12(23)11(22)9(32-15)7-31-36(27,28)34-37(29,30)33-35(24,25)26/h8-9,11-12,15,22-23H,2-7H2,1H3,(H,27,28)(H,29,30)(H2,17,19,20)(H2,24,25,26)/t9-,11-,12-,15?/m1/s1. The van der Waals surface area contributed by atoms with Gasteiger partial charge in [0.1, 0.15) is 23.8 Å². The lowest BCUT2D eigenvalue weighted by Gasteiger charge is -2.19. The second-order valence-electron chi connectivity index (χ2n) is 8.06. The smallest absolute Gasteiger partial charge is 0.387 e. The Balaban J connectivity index is 1.70. The van der Waals surface area contributed by atoms with Crippen LogP contribution in [0.1, 0.15) is 38.8 Å². The molecule has 2 aromatic rings.